The van der Waals surface area contributed by atoms with E-state index in [2.05, 4.69) is 4.90 Å². The van der Waals surface area contributed by atoms with Crippen molar-refractivity contribution >= 4 is 23.5 Å². The fourth-order valence-electron chi connectivity index (χ4n) is 12.9. The Morgan fingerprint density at radius 1 is 1.08 bits per heavy atom. The summed E-state index contributed by atoms with van der Waals surface area (Å²) in [5.41, 5.74) is -4.84. The van der Waals surface area contributed by atoms with E-state index in [1.165, 1.54) is 0 Å². The molecule has 7 bridgehead atoms. The van der Waals surface area contributed by atoms with Crippen LogP contribution in [0.25, 0.3) is 0 Å². The van der Waals surface area contributed by atoms with Crippen molar-refractivity contribution in [2.45, 2.75) is 87.6 Å². The predicted octanol–water partition coefficient (Wildman–Crippen LogP) is 1.38. The van der Waals surface area contributed by atoms with Gasteiger partial charge in [0.05, 0.1) is 48.3 Å². The van der Waals surface area contributed by atoms with Crippen molar-refractivity contribution in [2.75, 3.05) is 45.9 Å². The molecule has 7 aliphatic rings. The zero-order valence-electron chi connectivity index (χ0n) is 28.3. The number of aliphatic hydroxyl groups excluding tert-OH is 1. The Bertz CT molecular complexity index is 1540. The maximum Gasteiger partial charge on any atom is 0.340 e. The number of likely N-dealkylation sites (N-methyl/N-ethyl adjacent to an activating group) is 1. The van der Waals surface area contributed by atoms with Gasteiger partial charge in [0.25, 0.3) is 0 Å². The Morgan fingerprint density at radius 2 is 1.83 bits per heavy atom. The summed E-state index contributed by atoms with van der Waals surface area (Å²) in [6, 6.07) is 5.89. The van der Waals surface area contributed by atoms with Gasteiger partial charge in [0.1, 0.15) is 11.2 Å². The summed E-state index contributed by atoms with van der Waals surface area (Å²) in [4.78, 5) is 43.0. The van der Waals surface area contributed by atoms with Crippen LogP contribution in [0.2, 0.25) is 0 Å². The first-order valence-corrected chi connectivity index (χ1v) is 17.5. The van der Waals surface area contributed by atoms with Gasteiger partial charge in [-0.3, -0.25) is 14.5 Å². The molecule has 1 spiro atoms. The highest BCUT2D eigenvalue weighted by atomic mass is 16.5. The standard InChI is InChI=1S/C36H48N2O10/c1-6-37-16-33(17-48-31(42)19-9-7-8-10-22(19)38-25(39)13-18(2)30(38)41)12-11-24(46-4)35-21-14-20-23(45-3)15-34(43,26(21)27(20)47-5)36(44,32(35)37)29(40)28(33)35/h7-10,18,20-21,23-24,26-29,32,40,43-44H,6,11-17H2,1-5H3. The Morgan fingerprint density at radius 3 is 2.48 bits per heavy atom. The van der Waals surface area contributed by atoms with Gasteiger partial charge >= 0.3 is 5.97 Å². The second-order valence-electron chi connectivity index (χ2n) is 15.7. The third-order valence-electron chi connectivity index (χ3n) is 14.3. The van der Waals surface area contributed by atoms with Crippen LogP contribution < -0.4 is 4.90 Å². The minimum atomic E-state index is -1.93. The quantitative estimate of drug-likeness (QED) is 0.272. The average molecular weight is 669 g/mol. The van der Waals surface area contributed by atoms with E-state index in [0.29, 0.717) is 32.4 Å². The number of benzene rings is 1. The SMILES string of the molecule is CCN1CC2(COC(=O)c3ccccc3N3C(=O)CC(C)C3=O)CCC(OC)C34C5CC6C(OC)CC(O)(C5C6OC)C(O)(C(O)C23)C14. The van der Waals surface area contributed by atoms with Gasteiger partial charge in [-0.25, -0.2) is 9.69 Å². The van der Waals surface area contributed by atoms with E-state index in [0.717, 1.165) is 4.90 Å². The molecular formula is C36H48N2O10. The second-order valence-corrected chi connectivity index (χ2v) is 15.7. The highest BCUT2D eigenvalue weighted by molar-refractivity contribution is 6.22. The van der Waals surface area contributed by atoms with E-state index < -0.39 is 57.9 Å². The van der Waals surface area contributed by atoms with Crippen molar-refractivity contribution in [3.63, 3.8) is 0 Å². The Labute approximate surface area is 280 Å². The molecule has 2 amide bonds. The molecule has 2 aliphatic heterocycles. The van der Waals surface area contributed by atoms with E-state index >= 15 is 0 Å². The maximum atomic E-state index is 14.0. The summed E-state index contributed by atoms with van der Waals surface area (Å²) in [7, 11) is 4.96. The molecule has 14 unspecified atom stereocenters. The summed E-state index contributed by atoms with van der Waals surface area (Å²) < 4.78 is 24.6. The zero-order chi connectivity index (χ0) is 34.1. The smallest absolute Gasteiger partial charge is 0.340 e. The minimum absolute atomic E-state index is 0.00225. The van der Waals surface area contributed by atoms with Gasteiger partial charge in [-0.2, -0.15) is 0 Å². The van der Waals surface area contributed by atoms with Crippen molar-refractivity contribution in [3.05, 3.63) is 29.8 Å². The van der Waals surface area contributed by atoms with Gasteiger partial charge in [0, 0.05) is 75.2 Å². The number of ether oxygens (including phenoxy) is 4. The number of nitrogens with zero attached hydrogens (tertiary/aromatic N) is 2. The molecule has 14 atom stereocenters. The van der Waals surface area contributed by atoms with Crippen LogP contribution in [0.3, 0.4) is 0 Å². The van der Waals surface area contributed by atoms with Gasteiger partial charge in [0.15, 0.2) is 0 Å². The van der Waals surface area contributed by atoms with E-state index in [4.69, 9.17) is 18.9 Å². The minimum Gasteiger partial charge on any atom is -0.461 e. The number of hydrogen-bond donors (Lipinski definition) is 3. The number of carbonyl (C=O) groups is 3. The molecule has 12 heteroatoms. The zero-order valence-corrected chi connectivity index (χ0v) is 28.3. The number of anilines is 1. The number of esters is 1. The molecule has 5 aliphatic carbocycles. The monoisotopic (exact) mass is 668 g/mol. The van der Waals surface area contributed by atoms with Gasteiger partial charge in [0.2, 0.25) is 11.8 Å². The van der Waals surface area contributed by atoms with Crippen molar-refractivity contribution in [1.82, 2.24) is 4.90 Å². The summed E-state index contributed by atoms with van der Waals surface area (Å²) in [5.74, 6) is -3.01. The Hall–Kier alpha value is -2.45. The molecule has 8 rings (SSSR count). The lowest BCUT2D eigenvalue weighted by molar-refractivity contribution is -0.319. The number of fused-ring (bicyclic) bond motifs is 2. The summed E-state index contributed by atoms with van der Waals surface area (Å²) in [6.07, 6.45) is -0.236. The number of carbonyl (C=O) groups excluding carboxylic acids is 3. The lowest BCUT2D eigenvalue weighted by atomic mass is 9.42. The number of likely N-dealkylation sites (tertiary alicyclic amines) is 1. The molecule has 1 aromatic rings. The van der Waals surface area contributed by atoms with Crippen molar-refractivity contribution in [2.24, 2.45) is 40.4 Å². The third kappa shape index (κ3) is 3.62. The van der Waals surface area contributed by atoms with Crippen molar-refractivity contribution in [1.29, 1.82) is 0 Å². The molecule has 48 heavy (non-hydrogen) atoms. The maximum absolute atomic E-state index is 14.0. The molecule has 2 saturated heterocycles. The van der Waals surface area contributed by atoms with Crippen molar-refractivity contribution in [3.8, 4) is 0 Å². The molecule has 1 aromatic carbocycles. The molecule has 262 valence electrons. The summed E-state index contributed by atoms with van der Waals surface area (Å²) in [6.45, 7) is 4.65. The van der Waals surface area contributed by atoms with Crippen LogP contribution in [0.5, 0.6) is 0 Å². The molecule has 5 saturated carbocycles. The highest BCUT2D eigenvalue weighted by Gasteiger charge is 2.91. The van der Waals surface area contributed by atoms with E-state index in [9.17, 15) is 29.7 Å². The molecule has 0 radical (unpaired) electrons. The van der Waals surface area contributed by atoms with E-state index in [-0.39, 0.29) is 72.7 Å². The van der Waals surface area contributed by atoms with Crippen LogP contribution >= 0.6 is 0 Å². The number of para-hydroxylation sites is 1. The number of methoxy groups -OCH3 is 3. The second kappa shape index (κ2) is 10.8. The first-order chi connectivity index (χ1) is 22.9. The summed E-state index contributed by atoms with van der Waals surface area (Å²) in [5, 5.41) is 38.7. The normalized spacial score (nSPS) is 48.7. The fraction of sp³-hybridized carbons (Fsp3) is 0.750. The van der Waals surface area contributed by atoms with Gasteiger partial charge in [-0.15, -0.1) is 0 Å². The number of amides is 2. The van der Waals surface area contributed by atoms with Crippen molar-refractivity contribution < 1.29 is 48.7 Å². The van der Waals surface area contributed by atoms with Crippen LogP contribution in [0.15, 0.2) is 24.3 Å². The number of aliphatic hydroxyl groups is 3. The third-order valence-corrected chi connectivity index (χ3v) is 14.3. The average Bonchev–Trinajstić information content (AvgIpc) is 3.60. The molecule has 0 aromatic heterocycles. The van der Waals surface area contributed by atoms with Gasteiger partial charge in [-0.1, -0.05) is 26.0 Å². The Kier molecular flexibility index (Phi) is 7.35. The first-order valence-electron chi connectivity index (χ1n) is 17.5. The predicted molar refractivity (Wildman–Crippen MR) is 170 cm³/mol. The lowest BCUT2D eigenvalue weighted by Crippen LogP contribution is -2.82. The molecule has 2 heterocycles. The van der Waals surface area contributed by atoms with Crippen LogP contribution in [0.4, 0.5) is 5.69 Å². The van der Waals surface area contributed by atoms with Crippen LogP contribution in [0.1, 0.15) is 56.3 Å². The lowest BCUT2D eigenvalue weighted by Gasteiger charge is -2.70. The van der Waals surface area contributed by atoms with Crippen LogP contribution in [-0.4, -0.2) is 121 Å². The largest absolute Gasteiger partial charge is 0.461 e. The number of hydrogen-bond acceptors (Lipinski definition) is 11. The van der Waals surface area contributed by atoms with E-state index in [1.807, 2.05) is 6.92 Å². The summed E-state index contributed by atoms with van der Waals surface area (Å²) >= 11 is 0. The highest BCUT2D eigenvalue weighted by Crippen LogP contribution is 2.80. The van der Waals surface area contributed by atoms with E-state index in [1.54, 1.807) is 52.5 Å². The van der Waals surface area contributed by atoms with Gasteiger partial charge < -0.3 is 34.3 Å². The van der Waals surface area contributed by atoms with Gasteiger partial charge in [-0.05, 0) is 43.9 Å². The molecule has 7 fully saturated rings. The first kappa shape index (κ1) is 32.7. The number of piperidine rings is 1. The van der Waals surface area contributed by atoms with Crippen LogP contribution in [-0.2, 0) is 28.5 Å². The number of imide groups is 1. The topological polar surface area (TPSA) is 155 Å². The molecule has 12 nitrogen and oxygen atoms in total. The van der Waals surface area contributed by atoms with Crippen LogP contribution in [0, 0.1) is 40.4 Å². The Balaban J connectivity index is 1.22. The molecule has 3 N–H and O–H groups in total. The number of rotatable bonds is 8. The fourth-order valence-corrected chi connectivity index (χ4v) is 12.9. The molecular weight excluding hydrogens is 620 g/mol.